The second-order valence-corrected chi connectivity index (χ2v) is 8.11. The summed E-state index contributed by atoms with van der Waals surface area (Å²) in [6.45, 7) is 6.21. The third kappa shape index (κ3) is 3.85. The molecule has 7 nitrogen and oxygen atoms in total. The van der Waals surface area contributed by atoms with Gasteiger partial charge in [0.2, 0.25) is 0 Å². The molecule has 0 amide bonds. The Hall–Kier alpha value is -2.74. The van der Waals surface area contributed by atoms with Crippen LogP contribution in [0.3, 0.4) is 0 Å². The minimum Gasteiger partial charge on any atom is -0.379 e. The highest BCUT2D eigenvalue weighted by Gasteiger charge is 2.19. The molecule has 0 aliphatic rings. The molecule has 0 atom stereocenters. The van der Waals surface area contributed by atoms with Crippen molar-refractivity contribution in [1.29, 1.82) is 0 Å². The van der Waals surface area contributed by atoms with E-state index in [0.29, 0.717) is 5.69 Å². The number of hydrogen-bond acceptors (Lipinski definition) is 6. The largest absolute Gasteiger partial charge is 0.379 e. The fraction of sp³-hybridized carbons (Fsp3) is 0.235. The molecule has 8 heteroatoms. The smallest absolute Gasteiger partial charge is 0.339 e. The normalized spacial score (nSPS) is 12.1. The predicted molar refractivity (Wildman–Crippen MR) is 92.1 cm³/mol. The molecule has 2 aromatic carbocycles. The van der Waals surface area contributed by atoms with E-state index in [1.807, 2.05) is 0 Å². The molecule has 0 aliphatic heterocycles. The van der Waals surface area contributed by atoms with E-state index in [9.17, 15) is 8.42 Å². The van der Waals surface area contributed by atoms with Crippen molar-refractivity contribution >= 4 is 10.1 Å². The van der Waals surface area contributed by atoms with E-state index in [2.05, 4.69) is 36.3 Å². The lowest BCUT2D eigenvalue weighted by Crippen LogP contribution is -2.13. The quantitative estimate of drug-likeness (QED) is 0.667. The summed E-state index contributed by atoms with van der Waals surface area (Å²) >= 11 is 0. The topological polar surface area (TPSA) is 87.0 Å². The van der Waals surface area contributed by atoms with Crippen molar-refractivity contribution in [2.24, 2.45) is 0 Å². The van der Waals surface area contributed by atoms with Crippen LogP contribution < -0.4 is 4.18 Å². The summed E-state index contributed by atoms with van der Waals surface area (Å²) in [5.41, 5.74) is 1.70. The second-order valence-electron chi connectivity index (χ2n) is 6.56. The number of hydrogen-bond donors (Lipinski definition) is 0. The molecule has 1 heterocycles. The molecule has 3 aromatic rings. The molecule has 130 valence electrons. The van der Waals surface area contributed by atoms with Gasteiger partial charge in [-0.3, -0.25) is 0 Å². The first-order valence-corrected chi connectivity index (χ1v) is 9.05. The van der Waals surface area contributed by atoms with E-state index in [0.717, 1.165) is 5.56 Å². The maximum atomic E-state index is 12.4. The molecule has 0 unspecified atom stereocenters. The zero-order chi connectivity index (χ0) is 18.1. The third-order valence-electron chi connectivity index (χ3n) is 3.67. The monoisotopic (exact) mass is 358 g/mol. The SMILES string of the molecule is CC(C)(C)c1ccc(S(=O)(=O)Oc2ccc(-n3cnnn3)cc2)cc1. The van der Waals surface area contributed by atoms with Crippen molar-refractivity contribution in [2.75, 3.05) is 0 Å². The van der Waals surface area contributed by atoms with Gasteiger partial charge in [0.05, 0.1) is 5.69 Å². The Labute approximate surface area is 146 Å². The van der Waals surface area contributed by atoms with Crippen LogP contribution in [-0.2, 0) is 15.5 Å². The fourth-order valence-corrected chi connectivity index (χ4v) is 3.16. The Morgan fingerprint density at radius 3 is 2.12 bits per heavy atom. The van der Waals surface area contributed by atoms with Gasteiger partial charge in [0, 0.05) is 0 Å². The first kappa shape index (κ1) is 17.1. The summed E-state index contributed by atoms with van der Waals surface area (Å²) < 4.78 is 31.5. The van der Waals surface area contributed by atoms with Crippen LogP contribution in [0.4, 0.5) is 0 Å². The number of rotatable bonds is 4. The van der Waals surface area contributed by atoms with Gasteiger partial charge < -0.3 is 4.18 Å². The molecule has 0 saturated heterocycles. The van der Waals surface area contributed by atoms with Crippen LogP contribution in [0.25, 0.3) is 5.69 Å². The van der Waals surface area contributed by atoms with Crippen LogP contribution in [0.2, 0.25) is 0 Å². The number of aromatic nitrogens is 4. The molecule has 0 fully saturated rings. The predicted octanol–water partition coefficient (Wildman–Crippen LogP) is 2.73. The molecule has 0 saturated carbocycles. The van der Waals surface area contributed by atoms with E-state index in [4.69, 9.17) is 4.18 Å². The zero-order valence-electron chi connectivity index (χ0n) is 14.1. The highest BCUT2D eigenvalue weighted by molar-refractivity contribution is 7.87. The minimum atomic E-state index is -3.89. The number of nitrogens with zero attached hydrogens (tertiary/aromatic N) is 4. The summed E-state index contributed by atoms with van der Waals surface area (Å²) in [6.07, 6.45) is 1.45. The summed E-state index contributed by atoms with van der Waals surface area (Å²) in [4.78, 5) is 0.116. The molecule has 1 aromatic heterocycles. The molecule has 0 aliphatic carbocycles. The van der Waals surface area contributed by atoms with Crippen LogP contribution >= 0.6 is 0 Å². The fourth-order valence-electron chi connectivity index (χ4n) is 2.23. The Morgan fingerprint density at radius 2 is 1.60 bits per heavy atom. The minimum absolute atomic E-state index is 0.0464. The van der Waals surface area contributed by atoms with E-state index in [-0.39, 0.29) is 16.1 Å². The molecule has 3 rings (SSSR count). The molecule has 0 spiro atoms. The van der Waals surface area contributed by atoms with Gasteiger partial charge in [0.25, 0.3) is 0 Å². The zero-order valence-corrected chi connectivity index (χ0v) is 14.9. The Bertz CT molecular complexity index is 943. The lowest BCUT2D eigenvalue weighted by molar-refractivity contribution is 0.485. The van der Waals surface area contributed by atoms with Gasteiger partial charge in [0.15, 0.2) is 0 Å². The van der Waals surface area contributed by atoms with Crippen molar-refractivity contribution in [3.05, 3.63) is 60.4 Å². The lowest BCUT2D eigenvalue weighted by atomic mass is 9.87. The van der Waals surface area contributed by atoms with Crippen molar-refractivity contribution in [3.8, 4) is 11.4 Å². The molecule has 0 radical (unpaired) electrons. The maximum Gasteiger partial charge on any atom is 0.339 e. The maximum absolute atomic E-state index is 12.4. The lowest BCUT2D eigenvalue weighted by Gasteiger charge is -2.19. The summed E-state index contributed by atoms with van der Waals surface area (Å²) in [7, 11) is -3.89. The van der Waals surface area contributed by atoms with Crippen LogP contribution in [0.15, 0.2) is 59.8 Å². The summed E-state index contributed by atoms with van der Waals surface area (Å²) in [5.74, 6) is 0.219. The molecular weight excluding hydrogens is 340 g/mol. The van der Waals surface area contributed by atoms with Crippen molar-refractivity contribution in [3.63, 3.8) is 0 Å². The standard InChI is InChI=1S/C17H18N4O3S/c1-17(2,3)13-4-10-16(11-5-13)25(22,23)24-15-8-6-14(7-9-15)21-12-18-19-20-21/h4-12H,1-3H3. The van der Waals surface area contributed by atoms with Crippen LogP contribution in [0.1, 0.15) is 26.3 Å². The van der Waals surface area contributed by atoms with Crippen molar-refractivity contribution in [2.45, 2.75) is 31.1 Å². The molecule has 0 N–H and O–H groups in total. The number of tetrazole rings is 1. The average molecular weight is 358 g/mol. The molecular formula is C17H18N4O3S. The van der Waals surface area contributed by atoms with Gasteiger partial charge in [-0.15, -0.1) is 5.10 Å². The third-order valence-corrected chi connectivity index (χ3v) is 4.93. The van der Waals surface area contributed by atoms with Crippen LogP contribution in [-0.4, -0.2) is 28.6 Å². The first-order chi connectivity index (χ1) is 11.8. The molecule has 0 bridgehead atoms. The summed E-state index contributed by atoms with van der Waals surface area (Å²) in [6, 6.07) is 13.2. The van der Waals surface area contributed by atoms with Gasteiger partial charge in [0.1, 0.15) is 17.0 Å². The Kier molecular flexibility index (Phi) is 4.30. The van der Waals surface area contributed by atoms with Gasteiger partial charge >= 0.3 is 10.1 Å². The summed E-state index contributed by atoms with van der Waals surface area (Å²) in [5, 5.41) is 10.9. The van der Waals surface area contributed by atoms with E-state index >= 15 is 0 Å². The highest BCUT2D eigenvalue weighted by atomic mass is 32.2. The Balaban J connectivity index is 1.79. The van der Waals surface area contributed by atoms with Crippen molar-refractivity contribution < 1.29 is 12.6 Å². The first-order valence-electron chi connectivity index (χ1n) is 7.64. The van der Waals surface area contributed by atoms with Crippen molar-refractivity contribution in [1.82, 2.24) is 20.2 Å². The number of benzene rings is 2. The van der Waals surface area contributed by atoms with Crippen LogP contribution in [0.5, 0.6) is 5.75 Å². The van der Waals surface area contributed by atoms with E-state index < -0.39 is 10.1 Å². The van der Waals surface area contributed by atoms with Crippen LogP contribution in [0, 0.1) is 0 Å². The van der Waals surface area contributed by atoms with Gasteiger partial charge in [-0.1, -0.05) is 32.9 Å². The van der Waals surface area contributed by atoms with Gasteiger partial charge in [-0.05, 0) is 57.8 Å². The average Bonchev–Trinajstić information content (AvgIpc) is 3.09. The van der Waals surface area contributed by atoms with E-state index in [1.54, 1.807) is 48.5 Å². The molecule has 25 heavy (non-hydrogen) atoms. The van der Waals surface area contributed by atoms with E-state index in [1.165, 1.54) is 11.0 Å². The highest BCUT2D eigenvalue weighted by Crippen LogP contribution is 2.25. The Morgan fingerprint density at radius 1 is 0.960 bits per heavy atom. The van der Waals surface area contributed by atoms with Gasteiger partial charge in [-0.2, -0.15) is 8.42 Å². The second kappa shape index (κ2) is 6.29. The van der Waals surface area contributed by atoms with Gasteiger partial charge in [-0.25, -0.2) is 4.68 Å².